The molecule has 0 atom stereocenters. The van der Waals surface area contributed by atoms with E-state index in [2.05, 4.69) is 10.1 Å². The normalized spacial score (nSPS) is 14.7. The largest absolute Gasteiger partial charge is 0.478 e. The maximum atomic E-state index is 10.9. The van der Waals surface area contributed by atoms with E-state index in [0.717, 1.165) is 0 Å². The van der Waals surface area contributed by atoms with Crippen LogP contribution >= 0.6 is 0 Å². The molecule has 0 saturated carbocycles. The van der Waals surface area contributed by atoms with Crippen LogP contribution in [-0.2, 0) is 9.53 Å². The highest BCUT2D eigenvalue weighted by Crippen LogP contribution is 2.12. The molecule has 1 aliphatic carbocycles. The number of hydrogen-bond donors (Lipinski definition) is 2. The van der Waals surface area contributed by atoms with Gasteiger partial charge in [0.05, 0.1) is 7.11 Å². The van der Waals surface area contributed by atoms with Gasteiger partial charge in [-0.05, 0) is 6.08 Å². The lowest BCUT2D eigenvalue weighted by Crippen LogP contribution is -2.23. The highest BCUT2D eigenvalue weighted by molar-refractivity contribution is 5.88. The predicted molar refractivity (Wildman–Crippen MR) is 53.1 cm³/mol. The Hall–Kier alpha value is -2.04. The van der Waals surface area contributed by atoms with E-state index in [1.165, 1.54) is 13.2 Å². The fraction of sp³-hybridized carbons (Fsp3) is 0.200. The fourth-order valence-corrected chi connectivity index (χ4v) is 1.08. The number of nitrogens with one attached hydrogen (secondary N) is 1. The second-order valence-corrected chi connectivity index (χ2v) is 2.87. The summed E-state index contributed by atoms with van der Waals surface area (Å²) < 4.78 is 4.41. The molecule has 0 aromatic rings. The molecule has 0 fully saturated rings. The second-order valence-electron chi connectivity index (χ2n) is 2.87. The van der Waals surface area contributed by atoms with E-state index < -0.39 is 12.1 Å². The van der Waals surface area contributed by atoms with Gasteiger partial charge in [0.1, 0.15) is 0 Å². The Bertz CT molecular complexity index is 366. The van der Waals surface area contributed by atoms with Crippen molar-refractivity contribution in [1.82, 2.24) is 5.32 Å². The second kappa shape index (κ2) is 4.99. The van der Waals surface area contributed by atoms with Crippen molar-refractivity contribution in [3.8, 4) is 0 Å². The molecule has 0 heterocycles. The van der Waals surface area contributed by atoms with Crippen molar-refractivity contribution in [1.29, 1.82) is 0 Å². The van der Waals surface area contributed by atoms with Crippen molar-refractivity contribution in [2.75, 3.05) is 7.11 Å². The third-order valence-corrected chi connectivity index (χ3v) is 1.81. The molecular formula is C10H11NO4. The summed E-state index contributed by atoms with van der Waals surface area (Å²) in [7, 11) is 1.25. The molecule has 0 aliphatic heterocycles. The molecule has 5 nitrogen and oxygen atoms in total. The van der Waals surface area contributed by atoms with Gasteiger partial charge in [0, 0.05) is 17.7 Å². The van der Waals surface area contributed by atoms with E-state index in [0.29, 0.717) is 5.70 Å². The molecule has 0 aromatic carbocycles. The van der Waals surface area contributed by atoms with Crippen molar-refractivity contribution in [2.24, 2.45) is 0 Å². The Balaban J connectivity index is 2.73. The standard InChI is InChI=1S/C10H11NO4/c1-15-10(14)11-8-5-3-2-4-7(6-8)9(12)13/h2-5H,6H2,1H3,(H,11,14)(H,12,13). The topological polar surface area (TPSA) is 75.6 Å². The van der Waals surface area contributed by atoms with Crippen LogP contribution in [-0.4, -0.2) is 24.3 Å². The SMILES string of the molecule is COC(=O)NC1=CC=CC=C(C(=O)O)C1. The first-order valence-electron chi connectivity index (χ1n) is 4.28. The quantitative estimate of drug-likeness (QED) is 0.716. The summed E-state index contributed by atoms with van der Waals surface area (Å²) in [6.45, 7) is 0. The van der Waals surface area contributed by atoms with Crippen molar-refractivity contribution in [3.63, 3.8) is 0 Å². The zero-order valence-electron chi connectivity index (χ0n) is 8.19. The number of hydrogen-bond acceptors (Lipinski definition) is 3. The van der Waals surface area contributed by atoms with E-state index >= 15 is 0 Å². The van der Waals surface area contributed by atoms with Gasteiger partial charge in [0.2, 0.25) is 0 Å². The molecule has 1 rings (SSSR count). The average Bonchev–Trinajstić information content (AvgIpc) is 2.43. The van der Waals surface area contributed by atoms with Crippen molar-refractivity contribution in [2.45, 2.75) is 6.42 Å². The lowest BCUT2D eigenvalue weighted by molar-refractivity contribution is -0.132. The Morgan fingerprint density at radius 2 is 2.07 bits per heavy atom. The van der Waals surface area contributed by atoms with E-state index in [4.69, 9.17) is 5.11 Å². The molecule has 0 aromatic heterocycles. The molecule has 0 bridgehead atoms. The number of aliphatic carboxylic acids is 1. The van der Waals surface area contributed by atoms with Crippen LogP contribution in [0.2, 0.25) is 0 Å². The van der Waals surface area contributed by atoms with Gasteiger partial charge in [0.15, 0.2) is 0 Å². The van der Waals surface area contributed by atoms with Gasteiger partial charge in [-0.1, -0.05) is 18.2 Å². The van der Waals surface area contributed by atoms with Crippen LogP contribution in [0.3, 0.4) is 0 Å². The number of amides is 1. The molecule has 15 heavy (non-hydrogen) atoms. The van der Waals surface area contributed by atoms with Crippen LogP contribution in [0.5, 0.6) is 0 Å². The summed E-state index contributed by atoms with van der Waals surface area (Å²) in [4.78, 5) is 21.6. The Morgan fingerprint density at radius 1 is 1.40 bits per heavy atom. The fourth-order valence-electron chi connectivity index (χ4n) is 1.08. The van der Waals surface area contributed by atoms with E-state index in [1.807, 2.05) is 0 Å². The molecule has 2 N–H and O–H groups in total. The third-order valence-electron chi connectivity index (χ3n) is 1.81. The molecule has 0 spiro atoms. The molecule has 1 amide bonds. The first-order valence-corrected chi connectivity index (χ1v) is 4.28. The molecule has 80 valence electrons. The molecule has 0 saturated heterocycles. The monoisotopic (exact) mass is 209 g/mol. The summed E-state index contributed by atoms with van der Waals surface area (Å²) >= 11 is 0. The van der Waals surface area contributed by atoms with Crippen LogP contribution in [0.25, 0.3) is 0 Å². The van der Waals surface area contributed by atoms with Gasteiger partial charge >= 0.3 is 12.1 Å². The van der Waals surface area contributed by atoms with Crippen LogP contribution in [0.4, 0.5) is 4.79 Å². The van der Waals surface area contributed by atoms with Crippen molar-refractivity contribution < 1.29 is 19.4 Å². The average molecular weight is 209 g/mol. The molecule has 0 unspecified atom stereocenters. The number of allylic oxidation sites excluding steroid dienone is 5. The minimum Gasteiger partial charge on any atom is -0.478 e. The minimum absolute atomic E-state index is 0.164. The van der Waals surface area contributed by atoms with Gasteiger partial charge < -0.3 is 9.84 Å². The van der Waals surface area contributed by atoms with E-state index in [-0.39, 0.29) is 12.0 Å². The molecular weight excluding hydrogens is 198 g/mol. The number of carbonyl (C=O) groups excluding carboxylic acids is 1. The minimum atomic E-state index is -1.00. The smallest absolute Gasteiger partial charge is 0.411 e. The van der Waals surface area contributed by atoms with Gasteiger partial charge in [-0.25, -0.2) is 9.59 Å². The number of rotatable bonds is 2. The molecule has 0 radical (unpaired) electrons. The number of methoxy groups -OCH3 is 1. The van der Waals surface area contributed by atoms with Gasteiger partial charge in [-0.15, -0.1) is 0 Å². The van der Waals surface area contributed by atoms with Gasteiger partial charge in [-0.3, -0.25) is 5.32 Å². The summed E-state index contributed by atoms with van der Waals surface area (Å²) in [5.41, 5.74) is 0.704. The van der Waals surface area contributed by atoms with Crippen molar-refractivity contribution >= 4 is 12.1 Å². The number of carbonyl (C=O) groups is 2. The molecule has 5 heteroatoms. The number of carboxylic acid groups (broad SMARTS) is 1. The summed E-state index contributed by atoms with van der Waals surface area (Å²) in [5, 5.41) is 11.2. The summed E-state index contributed by atoms with van der Waals surface area (Å²) in [6.07, 6.45) is 5.93. The van der Waals surface area contributed by atoms with Crippen LogP contribution in [0.15, 0.2) is 35.6 Å². The maximum Gasteiger partial charge on any atom is 0.411 e. The van der Waals surface area contributed by atoms with Crippen LogP contribution in [0.1, 0.15) is 6.42 Å². The van der Waals surface area contributed by atoms with Crippen LogP contribution < -0.4 is 5.32 Å². The Morgan fingerprint density at radius 3 is 2.67 bits per heavy atom. The Kier molecular flexibility index (Phi) is 3.68. The maximum absolute atomic E-state index is 10.9. The lowest BCUT2D eigenvalue weighted by atomic mass is 10.1. The Labute approximate surface area is 86.7 Å². The first kappa shape index (κ1) is 11.0. The third kappa shape index (κ3) is 3.30. The molecule has 1 aliphatic rings. The number of ether oxygens (including phenoxy) is 1. The van der Waals surface area contributed by atoms with E-state index in [9.17, 15) is 9.59 Å². The zero-order valence-corrected chi connectivity index (χ0v) is 8.19. The van der Waals surface area contributed by atoms with Crippen LogP contribution in [0, 0.1) is 0 Å². The van der Waals surface area contributed by atoms with E-state index in [1.54, 1.807) is 18.2 Å². The summed E-state index contributed by atoms with van der Waals surface area (Å²) in [5.74, 6) is -1.00. The predicted octanol–water partition coefficient (Wildman–Crippen LogP) is 1.20. The highest BCUT2D eigenvalue weighted by Gasteiger charge is 2.12. The zero-order chi connectivity index (χ0) is 11.3. The van der Waals surface area contributed by atoms with Gasteiger partial charge in [0.25, 0.3) is 0 Å². The first-order chi connectivity index (χ1) is 7.13. The van der Waals surface area contributed by atoms with Gasteiger partial charge in [-0.2, -0.15) is 0 Å². The number of alkyl carbamates (subject to hydrolysis) is 1. The lowest BCUT2D eigenvalue weighted by Gasteiger charge is -2.07. The number of carboxylic acids is 1. The van der Waals surface area contributed by atoms with Crippen molar-refractivity contribution in [3.05, 3.63) is 35.6 Å². The summed E-state index contributed by atoms with van der Waals surface area (Å²) in [6, 6.07) is 0. The highest BCUT2D eigenvalue weighted by atomic mass is 16.5.